The van der Waals surface area contributed by atoms with Crippen LogP contribution < -0.4 is 5.32 Å². The Morgan fingerprint density at radius 1 is 1.30 bits per heavy atom. The van der Waals surface area contributed by atoms with Gasteiger partial charge in [-0.15, -0.1) is 0 Å². The number of carbonyl (C=O) groups excluding carboxylic acids is 1. The van der Waals surface area contributed by atoms with E-state index in [1.54, 1.807) is 0 Å². The van der Waals surface area contributed by atoms with E-state index >= 15 is 0 Å². The van der Waals surface area contributed by atoms with Crippen molar-refractivity contribution in [1.82, 2.24) is 4.90 Å². The molecule has 0 saturated carbocycles. The summed E-state index contributed by atoms with van der Waals surface area (Å²) in [5.74, 6) is 0.964. The highest BCUT2D eigenvalue weighted by molar-refractivity contribution is 7.90. The van der Waals surface area contributed by atoms with Gasteiger partial charge in [-0.1, -0.05) is 25.4 Å². The number of amides is 1. The van der Waals surface area contributed by atoms with Crippen molar-refractivity contribution in [3.63, 3.8) is 0 Å². The lowest BCUT2D eigenvalue weighted by Crippen LogP contribution is -2.42. The fourth-order valence-electron chi connectivity index (χ4n) is 3.14. The first-order chi connectivity index (χ1) is 10.6. The van der Waals surface area contributed by atoms with Gasteiger partial charge in [0.05, 0.1) is 22.2 Å². The van der Waals surface area contributed by atoms with Crippen LogP contribution >= 0.6 is 11.6 Å². The summed E-state index contributed by atoms with van der Waals surface area (Å²) in [5, 5.41) is 3.05. The number of sulfone groups is 1. The molecule has 7 heteroatoms. The molecular formula is C16H23ClN2O3S. The lowest BCUT2D eigenvalue weighted by Gasteiger charge is -2.34. The summed E-state index contributed by atoms with van der Waals surface area (Å²) < 4.78 is 23.2. The van der Waals surface area contributed by atoms with E-state index in [9.17, 15) is 13.2 Å². The van der Waals surface area contributed by atoms with Gasteiger partial charge < -0.3 is 5.32 Å². The first kappa shape index (κ1) is 18.2. The van der Waals surface area contributed by atoms with Gasteiger partial charge in [-0.25, -0.2) is 8.42 Å². The Bertz CT molecular complexity index is 681. The highest BCUT2D eigenvalue weighted by Crippen LogP contribution is 2.26. The molecule has 1 aromatic carbocycles. The molecule has 0 aliphatic carbocycles. The molecular weight excluding hydrogens is 336 g/mol. The number of rotatable bonds is 4. The first-order valence-corrected chi connectivity index (χ1v) is 9.94. The highest BCUT2D eigenvalue weighted by atomic mass is 35.5. The Labute approximate surface area is 142 Å². The van der Waals surface area contributed by atoms with Gasteiger partial charge >= 0.3 is 0 Å². The second kappa shape index (κ2) is 7.20. The lowest BCUT2D eigenvalue weighted by molar-refractivity contribution is -0.117. The van der Waals surface area contributed by atoms with Crippen molar-refractivity contribution in [2.75, 3.05) is 31.2 Å². The topological polar surface area (TPSA) is 66.5 Å². The molecule has 0 bridgehead atoms. The van der Waals surface area contributed by atoms with Crippen LogP contribution in [0.5, 0.6) is 0 Å². The Hall–Kier alpha value is -1.11. The molecule has 5 nitrogen and oxygen atoms in total. The molecule has 2 rings (SSSR count). The number of halogens is 1. The van der Waals surface area contributed by atoms with Crippen molar-refractivity contribution in [3.8, 4) is 0 Å². The summed E-state index contributed by atoms with van der Waals surface area (Å²) in [6, 6.07) is 4.32. The summed E-state index contributed by atoms with van der Waals surface area (Å²) in [4.78, 5) is 14.5. The van der Waals surface area contributed by atoms with Crippen molar-refractivity contribution in [2.45, 2.75) is 25.2 Å². The monoisotopic (exact) mass is 358 g/mol. The van der Waals surface area contributed by atoms with Crippen LogP contribution in [0.4, 0.5) is 5.69 Å². The standard InChI is InChI=1S/C16H23ClN2O3S/c1-11-6-12(2)9-19(8-11)10-16(20)18-15-7-13(23(3,21)22)4-5-14(15)17/h4-5,7,11-12H,6,8-10H2,1-3H3,(H,18,20). The van der Waals surface area contributed by atoms with Crippen LogP contribution in [0.15, 0.2) is 23.1 Å². The molecule has 1 aromatic rings. The van der Waals surface area contributed by atoms with E-state index < -0.39 is 9.84 Å². The van der Waals surface area contributed by atoms with E-state index in [-0.39, 0.29) is 17.3 Å². The van der Waals surface area contributed by atoms with Crippen LogP contribution in [0.25, 0.3) is 0 Å². The molecule has 2 atom stereocenters. The van der Waals surface area contributed by atoms with Gasteiger partial charge in [0.25, 0.3) is 0 Å². The molecule has 128 valence electrons. The zero-order chi connectivity index (χ0) is 17.2. The Balaban J connectivity index is 2.05. The normalized spacial score (nSPS) is 22.8. The van der Waals surface area contributed by atoms with E-state index in [0.29, 0.717) is 22.5 Å². The maximum absolute atomic E-state index is 12.2. The van der Waals surface area contributed by atoms with Gasteiger partial charge in [-0.05, 0) is 36.5 Å². The Morgan fingerprint density at radius 2 is 1.91 bits per heavy atom. The number of benzene rings is 1. The number of nitrogens with zero attached hydrogens (tertiary/aromatic N) is 1. The average molecular weight is 359 g/mol. The largest absolute Gasteiger partial charge is 0.324 e. The maximum Gasteiger partial charge on any atom is 0.238 e. The molecule has 23 heavy (non-hydrogen) atoms. The third-order valence-electron chi connectivity index (χ3n) is 3.95. The predicted molar refractivity (Wildman–Crippen MR) is 92.6 cm³/mol. The molecule has 1 aliphatic heterocycles. The van der Waals surface area contributed by atoms with Crippen LogP contribution in [0.3, 0.4) is 0 Å². The second-order valence-electron chi connectivity index (χ2n) is 6.60. The number of nitrogens with one attached hydrogen (secondary N) is 1. The number of carbonyl (C=O) groups is 1. The Morgan fingerprint density at radius 3 is 2.48 bits per heavy atom. The third-order valence-corrected chi connectivity index (χ3v) is 5.39. The summed E-state index contributed by atoms with van der Waals surface area (Å²) in [7, 11) is -3.34. The highest BCUT2D eigenvalue weighted by Gasteiger charge is 2.23. The molecule has 0 radical (unpaired) electrons. The fourth-order valence-corrected chi connectivity index (χ4v) is 3.96. The van der Waals surface area contributed by atoms with E-state index in [4.69, 9.17) is 11.6 Å². The number of hydrogen-bond donors (Lipinski definition) is 1. The molecule has 0 aromatic heterocycles. The summed E-state index contributed by atoms with van der Waals surface area (Å²) >= 11 is 6.06. The van der Waals surface area contributed by atoms with Gasteiger partial charge in [0.15, 0.2) is 9.84 Å². The SMILES string of the molecule is CC1CC(C)CN(CC(=O)Nc2cc(S(C)(=O)=O)ccc2Cl)C1. The first-order valence-electron chi connectivity index (χ1n) is 7.67. The molecule has 1 N–H and O–H groups in total. The van der Waals surface area contributed by atoms with Gasteiger partial charge in [-0.2, -0.15) is 0 Å². The molecule has 1 aliphatic rings. The van der Waals surface area contributed by atoms with Crippen molar-refractivity contribution in [1.29, 1.82) is 0 Å². The molecule has 2 unspecified atom stereocenters. The summed E-state index contributed by atoms with van der Waals surface area (Å²) in [6.07, 6.45) is 2.30. The van der Waals surface area contributed by atoms with Gasteiger partial charge in [0.2, 0.25) is 5.91 Å². The molecule has 1 amide bonds. The van der Waals surface area contributed by atoms with Crippen LogP contribution in [-0.4, -0.2) is 45.1 Å². The zero-order valence-corrected chi connectivity index (χ0v) is 15.2. The van der Waals surface area contributed by atoms with Crippen LogP contribution in [0.2, 0.25) is 5.02 Å². The molecule has 1 fully saturated rings. The van der Waals surface area contributed by atoms with E-state index in [2.05, 4.69) is 24.1 Å². The minimum Gasteiger partial charge on any atom is -0.324 e. The average Bonchev–Trinajstić information content (AvgIpc) is 2.38. The van der Waals surface area contributed by atoms with Crippen molar-refractivity contribution in [3.05, 3.63) is 23.2 Å². The van der Waals surface area contributed by atoms with Gasteiger partial charge in [0, 0.05) is 19.3 Å². The summed E-state index contributed by atoms with van der Waals surface area (Å²) in [6.45, 7) is 6.46. The van der Waals surface area contributed by atoms with Crippen LogP contribution in [0, 0.1) is 11.8 Å². The lowest BCUT2D eigenvalue weighted by atomic mass is 9.92. The number of piperidine rings is 1. The minimum atomic E-state index is -3.34. The Kier molecular flexibility index (Phi) is 5.70. The molecule has 0 spiro atoms. The second-order valence-corrected chi connectivity index (χ2v) is 9.03. The number of hydrogen-bond acceptors (Lipinski definition) is 4. The summed E-state index contributed by atoms with van der Waals surface area (Å²) in [5.41, 5.74) is 0.331. The minimum absolute atomic E-state index is 0.136. The molecule has 1 heterocycles. The van der Waals surface area contributed by atoms with E-state index in [1.807, 2.05) is 0 Å². The smallest absolute Gasteiger partial charge is 0.238 e. The van der Waals surface area contributed by atoms with E-state index in [0.717, 1.165) is 19.3 Å². The number of likely N-dealkylation sites (tertiary alicyclic amines) is 1. The van der Waals surface area contributed by atoms with Crippen LogP contribution in [0.1, 0.15) is 20.3 Å². The predicted octanol–water partition coefficient (Wildman–Crippen LogP) is 2.66. The maximum atomic E-state index is 12.2. The van der Waals surface area contributed by atoms with E-state index in [1.165, 1.54) is 24.6 Å². The zero-order valence-electron chi connectivity index (χ0n) is 13.7. The van der Waals surface area contributed by atoms with Gasteiger partial charge in [0.1, 0.15) is 0 Å². The van der Waals surface area contributed by atoms with Crippen LogP contribution in [-0.2, 0) is 14.6 Å². The van der Waals surface area contributed by atoms with Crippen molar-refractivity contribution in [2.24, 2.45) is 11.8 Å². The number of anilines is 1. The molecule has 1 saturated heterocycles. The quantitative estimate of drug-likeness (QED) is 0.898. The van der Waals surface area contributed by atoms with Crippen molar-refractivity contribution >= 4 is 33.0 Å². The third kappa shape index (κ3) is 5.19. The fraction of sp³-hybridized carbons (Fsp3) is 0.562. The van der Waals surface area contributed by atoms with Gasteiger partial charge in [-0.3, -0.25) is 9.69 Å². The van der Waals surface area contributed by atoms with Crippen molar-refractivity contribution < 1.29 is 13.2 Å².